The lowest BCUT2D eigenvalue weighted by atomic mass is 9.98. The Balaban J connectivity index is 4.19. The number of halogens is 3. The van der Waals surface area contributed by atoms with E-state index in [0.29, 0.717) is 19.0 Å². The highest BCUT2D eigenvalue weighted by atomic mass is 19.4. The smallest absolute Gasteiger partial charge is 0.329 e. The maximum Gasteiger partial charge on any atom is 0.401 e. The molecule has 0 spiro atoms. The average molecular weight is 254 g/mol. The van der Waals surface area contributed by atoms with Crippen LogP contribution in [-0.4, -0.2) is 37.3 Å². The molecular formula is C12H25F3N2. The molecule has 0 aromatic rings. The van der Waals surface area contributed by atoms with Crippen molar-refractivity contribution in [2.45, 2.75) is 45.7 Å². The van der Waals surface area contributed by atoms with Gasteiger partial charge in [-0.3, -0.25) is 4.90 Å². The molecule has 2 nitrogen and oxygen atoms in total. The highest BCUT2D eigenvalue weighted by molar-refractivity contribution is 4.69. The molecule has 0 radical (unpaired) electrons. The second kappa shape index (κ2) is 8.75. The fraction of sp³-hybridized carbons (Fsp3) is 1.00. The predicted octanol–water partition coefficient (Wildman–Crippen LogP) is 3.03. The van der Waals surface area contributed by atoms with E-state index >= 15 is 0 Å². The first-order valence-corrected chi connectivity index (χ1v) is 6.42. The van der Waals surface area contributed by atoms with Crippen LogP contribution in [0.5, 0.6) is 0 Å². The van der Waals surface area contributed by atoms with Crippen LogP contribution in [0.3, 0.4) is 0 Å². The summed E-state index contributed by atoms with van der Waals surface area (Å²) in [5.74, 6) is 0.351. The second-order valence-corrected chi connectivity index (χ2v) is 4.56. The van der Waals surface area contributed by atoms with Crippen molar-refractivity contribution in [1.82, 2.24) is 4.90 Å². The zero-order valence-electron chi connectivity index (χ0n) is 10.9. The molecule has 0 saturated carbocycles. The number of rotatable bonds is 9. The Morgan fingerprint density at radius 3 is 2.29 bits per heavy atom. The summed E-state index contributed by atoms with van der Waals surface area (Å²) in [7, 11) is 0. The average Bonchev–Trinajstić information content (AvgIpc) is 2.22. The number of hydrogen-bond acceptors (Lipinski definition) is 2. The van der Waals surface area contributed by atoms with Gasteiger partial charge in [0.05, 0.1) is 6.54 Å². The number of nitrogens with two attached hydrogens (primary N) is 1. The number of nitrogens with zero attached hydrogens (tertiary/aromatic N) is 1. The summed E-state index contributed by atoms with van der Waals surface area (Å²) in [6, 6.07) is 0. The molecule has 2 N–H and O–H groups in total. The van der Waals surface area contributed by atoms with Crippen LogP contribution in [0.4, 0.5) is 13.2 Å². The van der Waals surface area contributed by atoms with Crippen molar-refractivity contribution in [3.63, 3.8) is 0 Å². The van der Waals surface area contributed by atoms with Gasteiger partial charge in [0.2, 0.25) is 0 Å². The lowest BCUT2D eigenvalue weighted by Crippen LogP contribution is -2.40. The zero-order valence-corrected chi connectivity index (χ0v) is 10.9. The first kappa shape index (κ1) is 16.7. The summed E-state index contributed by atoms with van der Waals surface area (Å²) in [4.78, 5) is 1.43. The minimum Gasteiger partial charge on any atom is -0.329 e. The van der Waals surface area contributed by atoms with Crippen LogP contribution in [0.25, 0.3) is 0 Å². The van der Waals surface area contributed by atoms with Gasteiger partial charge in [-0.2, -0.15) is 13.2 Å². The highest BCUT2D eigenvalue weighted by Gasteiger charge is 2.30. The molecule has 0 aliphatic heterocycles. The van der Waals surface area contributed by atoms with Gasteiger partial charge < -0.3 is 5.73 Å². The SMILES string of the molecule is CCCCC(CC)CN(CCN)CC(F)(F)F. The van der Waals surface area contributed by atoms with Crippen LogP contribution in [0.1, 0.15) is 39.5 Å². The molecule has 5 heteroatoms. The van der Waals surface area contributed by atoms with E-state index in [0.717, 1.165) is 25.7 Å². The van der Waals surface area contributed by atoms with E-state index in [-0.39, 0.29) is 6.54 Å². The maximum absolute atomic E-state index is 12.4. The monoisotopic (exact) mass is 254 g/mol. The first-order chi connectivity index (χ1) is 7.92. The van der Waals surface area contributed by atoms with Gasteiger partial charge in [0.1, 0.15) is 0 Å². The van der Waals surface area contributed by atoms with Crippen molar-refractivity contribution < 1.29 is 13.2 Å². The molecule has 0 rings (SSSR count). The van der Waals surface area contributed by atoms with Crippen molar-refractivity contribution in [3.05, 3.63) is 0 Å². The van der Waals surface area contributed by atoms with Crippen LogP contribution in [0.2, 0.25) is 0 Å². The Morgan fingerprint density at radius 2 is 1.88 bits per heavy atom. The molecule has 0 aliphatic rings. The third-order valence-corrected chi connectivity index (χ3v) is 2.91. The molecule has 0 aromatic heterocycles. The van der Waals surface area contributed by atoms with E-state index in [1.54, 1.807) is 0 Å². The van der Waals surface area contributed by atoms with E-state index in [9.17, 15) is 13.2 Å². The van der Waals surface area contributed by atoms with Crippen LogP contribution < -0.4 is 5.73 Å². The normalized spacial score (nSPS) is 14.3. The van der Waals surface area contributed by atoms with Gasteiger partial charge in [-0.1, -0.05) is 33.1 Å². The lowest BCUT2D eigenvalue weighted by Gasteiger charge is -2.27. The molecule has 17 heavy (non-hydrogen) atoms. The third-order valence-electron chi connectivity index (χ3n) is 2.91. The lowest BCUT2D eigenvalue weighted by molar-refractivity contribution is -0.147. The van der Waals surface area contributed by atoms with Crippen LogP contribution in [-0.2, 0) is 0 Å². The Hall–Kier alpha value is -0.290. The Morgan fingerprint density at radius 1 is 1.24 bits per heavy atom. The van der Waals surface area contributed by atoms with E-state index < -0.39 is 12.7 Å². The summed E-state index contributed by atoms with van der Waals surface area (Å²) >= 11 is 0. The van der Waals surface area contributed by atoms with Crippen molar-refractivity contribution >= 4 is 0 Å². The number of hydrogen-bond donors (Lipinski definition) is 1. The van der Waals surface area contributed by atoms with E-state index in [1.165, 1.54) is 4.90 Å². The van der Waals surface area contributed by atoms with Crippen molar-refractivity contribution in [2.75, 3.05) is 26.2 Å². The summed E-state index contributed by atoms with van der Waals surface area (Å²) in [6.07, 6.45) is -0.0171. The van der Waals surface area contributed by atoms with Crippen molar-refractivity contribution in [2.24, 2.45) is 11.7 Å². The maximum atomic E-state index is 12.4. The van der Waals surface area contributed by atoms with E-state index in [4.69, 9.17) is 5.73 Å². The van der Waals surface area contributed by atoms with Gasteiger partial charge in [-0.05, 0) is 12.3 Å². The highest BCUT2D eigenvalue weighted by Crippen LogP contribution is 2.19. The van der Waals surface area contributed by atoms with E-state index in [1.807, 2.05) is 6.92 Å². The Bertz CT molecular complexity index is 183. The molecule has 0 aliphatic carbocycles. The fourth-order valence-electron chi connectivity index (χ4n) is 1.95. The number of alkyl halides is 3. The summed E-state index contributed by atoms with van der Waals surface area (Å²) in [6.45, 7) is 4.40. The standard InChI is InChI=1S/C12H25F3N2/c1-3-5-6-11(4-2)9-17(8-7-16)10-12(13,14)15/h11H,3-10,16H2,1-2H3. The van der Waals surface area contributed by atoms with Crippen LogP contribution in [0, 0.1) is 5.92 Å². The first-order valence-electron chi connectivity index (χ1n) is 6.42. The minimum atomic E-state index is -4.13. The Kier molecular flexibility index (Phi) is 8.60. The molecule has 0 aromatic carbocycles. The quantitative estimate of drug-likeness (QED) is 0.685. The third kappa shape index (κ3) is 9.41. The van der Waals surface area contributed by atoms with Gasteiger partial charge in [0, 0.05) is 19.6 Å². The van der Waals surface area contributed by atoms with Gasteiger partial charge in [-0.15, -0.1) is 0 Å². The van der Waals surface area contributed by atoms with Gasteiger partial charge in [-0.25, -0.2) is 0 Å². The predicted molar refractivity (Wildman–Crippen MR) is 64.9 cm³/mol. The number of unbranched alkanes of at least 4 members (excludes halogenated alkanes) is 1. The van der Waals surface area contributed by atoms with E-state index in [2.05, 4.69) is 6.92 Å². The largest absolute Gasteiger partial charge is 0.401 e. The minimum absolute atomic E-state index is 0.278. The van der Waals surface area contributed by atoms with Gasteiger partial charge in [0.25, 0.3) is 0 Å². The summed E-state index contributed by atoms with van der Waals surface area (Å²) in [5, 5.41) is 0. The van der Waals surface area contributed by atoms with Crippen LogP contribution in [0.15, 0.2) is 0 Å². The zero-order chi connectivity index (χ0) is 13.3. The summed E-state index contributed by atoms with van der Waals surface area (Å²) in [5.41, 5.74) is 5.36. The molecule has 1 unspecified atom stereocenters. The second-order valence-electron chi connectivity index (χ2n) is 4.56. The van der Waals surface area contributed by atoms with Crippen molar-refractivity contribution in [1.29, 1.82) is 0 Å². The van der Waals surface area contributed by atoms with Crippen molar-refractivity contribution in [3.8, 4) is 0 Å². The summed E-state index contributed by atoms with van der Waals surface area (Å²) < 4.78 is 37.1. The van der Waals surface area contributed by atoms with Gasteiger partial charge >= 0.3 is 6.18 Å². The fourth-order valence-corrected chi connectivity index (χ4v) is 1.95. The molecule has 104 valence electrons. The topological polar surface area (TPSA) is 29.3 Å². The molecule has 0 saturated heterocycles. The molecular weight excluding hydrogens is 229 g/mol. The Labute approximate surface area is 102 Å². The molecule has 0 heterocycles. The molecule has 0 fully saturated rings. The van der Waals surface area contributed by atoms with Crippen LogP contribution >= 0.6 is 0 Å². The molecule has 0 amide bonds. The molecule has 1 atom stereocenters. The van der Waals surface area contributed by atoms with Gasteiger partial charge in [0.15, 0.2) is 0 Å². The molecule has 0 bridgehead atoms.